The van der Waals surface area contributed by atoms with Crippen LogP contribution in [0.25, 0.3) is 5.95 Å². The summed E-state index contributed by atoms with van der Waals surface area (Å²) in [6, 6.07) is 5.39. The Hall–Kier alpha value is -2.25. The topological polar surface area (TPSA) is 78.6 Å². The molecule has 0 saturated carbocycles. The van der Waals surface area contributed by atoms with Crippen molar-refractivity contribution in [1.29, 1.82) is 0 Å². The molecule has 0 aliphatic rings. The van der Waals surface area contributed by atoms with E-state index in [1.165, 1.54) is 17.3 Å². The van der Waals surface area contributed by atoms with Crippen molar-refractivity contribution in [2.45, 2.75) is 6.92 Å². The molecule has 106 valence electrons. The molecule has 3 aromatic rings. The van der Waals surface area contributed by atoms with Gasteiger partial charge in [-0.2, -0.15) is 24.7 Å². The van der Waals surface area contributed by atoms with E-state index in [-0.39, 0.29) is 17.2 Å². The van der Waals surface area contributed by atoms with Crippen LogP contribution < -0.4 is 4.74 Å². The molecule has 7 nitrogen and oxygen atoms in total. The maximum absolute atomic E-state index is 6.10. The fourth-order valence-corrected chi connectivity index (χ4v) is 1.99. The number of benzene rings is 1. The fourth-order valence-electron chi connectivity index (χ4n) is 1.57. The Bertz CT molecular complexity index is 777. The minimum absolute atomic E-state index is 0.0197. The summed E-state index contributed by atoms with van der Waals surface area (Å²) in [4.78, 5) is 15.8. The molecule has 2 aromatic heterocycles. The average molecular weight is 323 g/mol. The van der Waals surface area contributed by atoms with Gasteiger partial charge >= 0.3 is 6.01 Å². The molecule has 0 radical (unpaired) electrons. The molecule has 0 aliphatic heterocycles. The van der Waals surface area contributed by atoms with Gasteiger partial charge in [-0.25, -0.2) is 4.98 Å². The number of aromatic nitrogens is 6. The van der Waals surface area contributed by atoms with Gasteiger partial charge in [0.2, 0.25) is 5.28 Å². The van der Waals surface area contributed by atoms with Gasteiger partial charge in [-0.15, -0.1) is 0 Å². The molecule has 0 aliphatic carbocycles. The van der Waals surface area contributed by atoms with Gasteiger partial charge in [-0.1, -0.05) is 17.7 Å². The van der Waals surface area contributed by atoms with Crippen molar-refractivity contribution in [3.63, 3.8) is 0 Å². The summed E-state index contributed by atoms with van der Waals surface area (Å²) in [5.41, 5.74) is 1.02. The number of hydrogen-bond donors (Lipinski definition) is 0. The zero-order chi connectivity index (χ0) is 14.8. The molecule has 0 N–H and O–H groups in total. The van der Waals surface area contributed by atoms with Gasteiger partial charge in [-0.3, -0.25) is 0 Å². The van der Waals surface area contributed by atoms with Gasteiger partial charge in [0.25, 0.3) is 5.95 Å². The highest BCUT2D eigenvalue weighted by molar-refractivity contribution is 6.32. The van der Waals surface area contributed by atoms with Crippen molar-refractivity contribution in [3.8, 4) is 17.7 Å². The lowest BCUT2D eigenvalue weighted by Gasteiger charge is -2.07. The van der Waals surface area contributed by atoms with E-state index >= 15 is 0 Å². The first-order valence-electron chi connectivity index (χ1n) is 5.82. The van der Waals surface area contributed by atoms with Crippen LogP contribution in [-0.4, -0.2) is 29.7 Å². The van der Waals surface area contributed by atoms with Crippen molar-refractivity contribution in [2.24, 2.45) is 0 Å². The average Bonchev–Trinajstić information content (AvgIpc) is 2.95. The number of ether oxygens (including phenoxy) is 1. The second-order valence-corrected chi connectivity index (χ2v) is 4.81. The smallest absolute Gasteiger partial charge is 0.328 e. The van der Waals surface area contributed by atoms with Gasteiger partial charge in [0.15, 0.2) is 0 Å². The minimum Gasteiger partial charge on any atom is -0.423 e. The first-order valence-corrected chi connectivity index (χ1v) is 6.58. The summed E-state index contributed by atoms with van der Waals surface area (Å²) >= 11 is 12.0. The maximum Gasteiger partial charge on any atom is 0.328 e. The lowest BCUT2D eigenvalue weighted by atomic mass is 10.2. The van der Waals surface area contributed by atoms with E-state index < -0.39 is 0 Å². The van der Waals surface area contributed by atoms with Crippen molar-refractivity contribution >= 4 is 23.2 Å². The Morgan fingerprint density at radius 1 is 1.14 bits per heavy atom. The van der Waals surface area contributed by atoms with Crippen LogP contribution in [0.4, 0.5) is 0 Å². The van der Waals surface area contributed by atoms with Gasteiger partial charge in [-0.05, 0) is 36.2 Å². The standard InChI is InChI=1S/C12H8Cl2N6O/c1-7-2-3-9(8(13)4-7)21-12-18-10(14)17-11(19-12)20-6-15-5-16-20/h2-6H,1H3. The highest BCUT2D eigenvalue weighted by Gasteiger charge is 2.11. The molecule has 9 heteroatoms. The molecular formula is C12H8Cl2N6O. The number of rotatable bonds is 3. The molecule has 2 heterocycles. The van der Waals surface area contributed by atoms with E-state index in [1.807, 2.05) is 13.0 Å². The number of aryl methyl sites for hydroxylation is 1. The second-order valence-electron chi connectivity index (χ2n) is 4.06. The Morgan fingerprint density at radius 2 is 2.00 bits per heavy atom. The fraction of sp³-hybridized carbons (Fsp3) is 0.0833. The van der Waals surface area contributed by atoms with Crippen LogP contribution in [0.3, 0.4) is 0 Å². The predicted octanol–water partition coefficient (Wildman–Crippen LogP) is 2.86. The zero-order valence-electron chi connectivity index (χ0n) is 10.7. The van der Waals surface area contributed by atoms with Crippen LogP contribution in [0.2, 0.25) is 10.3 Å². The summed E-state index contributed by atoms with van der Waals surface area (Å²) in [5, 5.41) is 4.35. The molecular weight excluding hydrogens is 315 g/mol. The van der Waals surface area contributed by atoms with Crippen LogP contribution in [0.5, 0.6) is 11.8 Å². The van der Waals surface area contributed by atoms with E-state index in [1.54, 1.807) is 12.1 Å². The summed E-state index contributed by atoms with van der Waals surface area (Å²) in [6.07, 6.45) is 2.80. The molecule has 0 atom stereocenters. The van der Waals surface area contributed by atoms with Crippen LogP contribution in [0, 0.1) is 6.92 Å². The van der Waals surface area contributed by atoms with E-state index in [4.69, 9.17) is 27.9 Å². The predicted molar refractivity (Wildman–Crippen MR) is 76.0 cm³/mol. The van der Waals surface area contributed by atoms with Crippen LogP contribution in [0.15, 0.2) is 30.9 Å². The van der Waals surface area contributed by atoms with E-state index in [0.717, 1.165) is 5.56 Å². The quantitative estimate of drug-likeness (QED) is 0.737. The third-order valence-corrected chi connectivity index (χ3v) is 2.95. The Labute approximate surface area is 129 Å². The summed E-state index contributed by atoms with van der Waals surface area (Å²) < 4.78 is 6.89. The van der Waals surface area contributed by atoms with Gasteiger partial charge < -0.3 is 4.74 Å². The molecule has 21 heavy (non-hydrogen) atoms. The second kappa shape index (κ2) is 5.63. The third kappa shape index (κ3) is 3.09. The molecule has 3 rings (SSSR count). The lowest BCUT2D eigenvalue weighted by molar-refractivity contribution is 0.437. The monoisotopic (exact) mass is 322 g/mol. The summed E-state index contributed by atoms with van der Waals surface area (Å²) in [6.45, 7) is 1.93. The largest absolute Gasteiger partial charge is 0.423 e. The van der Waals surface area contributed by atoms with Crippen molar-refractivity contribution in [2.75, 3.05) is 0 Å². The van der Waals surface area contributed by atoms with E-state index in [2.05, 4.69) is 25.0 Å². The number of nitrogens with zero attached hydrogens (tertiary/aromatic N) is 6. The Balaban J connectivity index is 1.95. The van der Waals surface area contributed by atoms with E-state index in [9.17, 15) is 0 Å². The summed E-state index contributed by atoms with van der Waals surface area (Å²) in [7, 11) is 0. The molecule has 0 unspecified atom stereocenters. The van der Waals surface area contributed by atoms with Crippen molar-refractivity contribution in [1.82, 2.24) is 29.7 Å². The van der Waals surface area contributed by atoms with Gasteiger partial charge in [0.1, 0.15) is 18.4 Å². The number of hydrogen-bond acceptors (Lipinski definition) is 6. The molecule has 0 fully saturated rings. The first-order chi connectivity index (χ1) is 10.1. The Kier molecular flexibility index (Phi) is 3.68. The Morgan fingerprint density at radius 3 is 2.71 bits per heavy atom. The van der Waals surface area contributed by atoms with Crippen LogP contribution >= 0.6 is 23.2 Å². The van der Waals surface area contributed by atoms with Crippen molar-refractivity contribution in [3.05, 3.63) is 46.7 Å². The first kappa shape index (κ1) is 13.7. The van der Waals surface area contributed by atoms with Crippen LogP contribution in [0.1, 0.15) is 5.56 Å². The zero-order valence-corrected chi connectivity index (χ0v) is 12.2. The molecule has 0 spiro atoms. The molecule has 0 saturated heterocycles. The van der Waals surface area contributed by atoms with Gasteiger partial charge in [0, 0.05) is 0 Å². The highest BCUT2D eigenvalue weighted by atomic mass is 35.5. The summed E-state index contributed by atoms with van der Waals surface area (Å²) in [5.74, 6) is 0.625. The minimum atomic E-state index is -0.0197. The molecule has 0 bridgehead atoms. The maximum atomic E-state index is 6.10. The lowest BCUT2D eigenvalue weighted by Crippen LogP contribution is -2.05. The SMILES string of the molecule is Cc1ccc(Oc2nc(Cl)nc(-n3cncn3)n2)c(Cl)c1. The van der Waals surface area contributed by atoms with Crippen LogP contribution in [-0.2, 0) is 0 Å². The molecule has 1 aromatic carbocycles. The highest BCUT2D eigenvalue weighted by Crippen LogP contribution is 2.28. The molecule has 0 amide bonds. The van der Waals surface area contributed by atoms with Gasteiger partial charge in [0.05, 0.1) is 5.02 Å². The number of halogens is 2. The third-order valence-electron chi connectivity index (χ3n) is 2.49. The van der Waals surface area contributed by atoms with E-state index in [0.29, 0.717) is 10.8 Å². The van der Waals surface area contributed by atoms with Crippen molar-refractivity contribution < 1.29 is 4.74 Å². The normalized spacial score (nSPS) is 10.6.